The second-order valence-corrected chi connectivity index (χ2v) is 6.99. The van der Waals surface area contributed by atoms with E-state index >= 15 is 0 Å². The number of amides is 1. The summed E-state index contributed by atoms with van der Waals surface area (Å²) in [5, 5.41) is 31.0. The van der Waals surface area contributed by atoms with E-state index in [0.717, 1.165) is 9.37 Å². The molecule has 2 aromatic rings. The number of likely N-dealkylation sites (tertiary alicyclic amines) is 1. The number of carbonyl (C=O) groups excluding carboxylic acids is 2. The maximum absolute atomic E-state index is 12.6. The summed E-state index contributed by atoms with van der Waals surface area (Å²) in [4.78, 5) is 36.6. The lowest BCUT2D eigenvalue weighted by Gasteiger charge is -2.24. The predicted octanol–water partition coefficient (Wildman–Crippen LogP) is 2.77. The molecule has 3 rings (SSSR count). The molecule has 1 heterocycles. The van der Waals surface area contributed by atoms with E-state index in [1.54, 1.807) is 24.3 Å². The first kappa shape index (κ1) is 19.7. The number of rotatable bonds is 5. The third-order valence-electron chi connectivity index (χ3n) is 4.42. The Morgan fingerprint density at radius 1 is 1.11 bits per heavy atom. The average molecular weight is 447 g/mol. The van der Waals surface area contributed by atoms with Crippen LogP contribution in [0.2, 0.25) is 0 Å². The second kappa shape index (κ2) is 7.91. The number of benzene rings is 2. The highest BCUT2D eigenvalue weighted by atomic mass is 79.9. The van der Waals surface area contributed by atoms with Crippen molar-refractivity contribution in [3.63, 3.8) is 0 Å². The molecule has 1 saturated heterocycles. The van der Waals surface area contributed by atoms with E-state index in [4.69, 9.17) is 0 Å². The lowest BCUT2D eigenvalue weighted by atomic mass is 9.95. The Bertz CT molecular complexity index is 969. The summed E-state index contributed by atoms with van der Waals surface area (Å²) in [5.74, 6) is -2.08. The second-order valence-electron chi connectivity index (χ2n) is 6.07. The zero-order valence-electron chi connectivity index (χ0n) is 14.4. The standard InChI is InChI=1S/C19H15BrN2O6/c20-13-5-1-12(2-6-13)17(24)15-16(21(9-10-23)19(26)18(15)25)11-3-7-14(8-4-11)22(27)28/h1-8,16,23-24H,9-10H2/t16-/m0/s1. The minimum atomic E-state index is -0.961. The molecular weight excluding hydrogens is 432 g/mol. The van der Waals surface area contributed by atoms with Crippen LogP contribution in [0.3, 0.4) is 0 Å². The van der Waals surface area contributed by atoms with Gasteiger partial charge in [0.05, 0.1) is 23.1 Å². The summed E-state index contributed by atoms with van der Waals surface area (Å²) in [7, 11) is 0. The maximum Gasteiger partial charge on any atom is 0.295 e. The third-order valence-corrected chi connectivity index (χ3v) is 4.95. The quantitative estimate of drug-likeness (QED) is 0.239. The number of hydrogen-bond donors (Lipinski definition) is 2. The molecule has 1 fully saturated rings. The fraction of sp³-hybridized carbons (Fsp3) is 0.158. The monoisotopic (exact) mass is 446 g/mol. The number of non-ortho nitro benzene ring substituents is 1. The van der Waals surface area contributed by atoms with Crippen molar-refractivity contribution in [2.75, 3.05) is 13.2 Å². The summed E-state index contributed by atoms with van der Waals surface area (Å²) < 4.78 is 0.775. The van der Waals surface area contributed by atoms with Crippen molar-refractivity contribution >= 4 is 39.1 Å². The van der Waals surface area contributed by atoms with Crippen LogP contribution in [0.1, 0.15) is 17.2 Å². The molecule has 8 nitrogen and oxygen atoms in total. The lowest BCUT2D eigenvalue weighted by Crippen LogP contribution is -2.32. The normalized spacial score (nSPS) is 18.5. The Hall–Kier alpha value is -3.04. The minimum Gasteiger partial charge on any atom is -0.507 e. The molecule has 0 spiro atoms. The molecule has 0 radical (unpaired) electrons. The van der Waals surface area contributed by atoms with Gasteiger partial charge >= 0.3 is 0 Å². The van der Waals surface area contributed by atoms with Crippen molar-refractivity contribution in [2.45, 2.75) is 6.04 Å². The van der Waals surface area contributed by atoms with Gasteiger partial charge in [0.15, 0.2) is 0 Å². The zero-order chi connectivity index (χ0) is 20.4. The molecule has 1 aliphatic rings. The number of nitro groups is 1. The summed E-state index contributed by atoms with van der Waals surface area (Å²) in [5.41, 5.74) is 0.486. The topological polar surface area (TPSA) is 121 Å². The number of halogens is 1. The van der Waals surface area contributed by atoms with Gasteiger partial charge < -0.3 is 15.1 Å². The smallest absolute Gasteiger partial charge is 0.295 e. The first-order valence-electron chi connectivity index (χ1n) is 8.24. The maximum atomic E-state index is 12.6. The number of aliphatic hydroxyl groups excluding tert-OH is 2. The first-order chi connectivity index (χ1) is 13.3. The highest BCUT2D eigenvalue weighted by molar-refractivity contribution is 9.10. The van der Waals surface area contributed by atoms with Crippen LogP contribution in [-0.4, -0.2) is 44.9 Å². The van der Waals surface area contributed by atoms with Gasteiger partial charge in [-0.25, -0.2) is 0 Å². The summed E-state index contributed by atoms with van der Waals surface area (Å²) >= 11 is 3.29. The van der Waals surface area contributed by atoms with Gasteiger partial charge in [-0.15, -0.1) is 0 Å². The van der Waals surface area contributed by atoms with Gasteiger partial charge in [0.1, 0.15) is 5.76 Å². The number of ketones is 1. The van der Waals surface area contributed by atoms with Crippen molar-refractivity contribution in [1.29, 1.82) is 0 Å². The summed E-state index contributed by atoms with van der Waals surface area (Å²) in [6.45, 7) is -0.502. The molecule has 2 aromatic carbocycles. The van der Waals surface area contributed by atoms with Crippen LogP contribution in [0.5, 0.6) is 0 Å². The van der Waals surface area contributed by atoms with Crippen LogP contribution >= 0.6 is 15.9 Å². The molecule has 1 atom stereocenters. The highest BCUT2D eigenvalue weighted by Crippen LogP contribution is 2.39. The van der Waals surface area contributed by atoms with Gasteiger partial charge in [0.2, 0.25) is 0 Å². The number of nitro benzene ring substituents is 1. The number of carbonyl (C=O) groups is 2. The van der Waals surface area contributed by atoms with E-state index in [9.17, 15) is 29.9 Å². The Labute approximate surface area is 168 Å². The van der Waals surface area contributed by atoms with E-state index in [1.807, 2.05) is 0 Å². The van der Waals surface area contributed by atoms with E-state index in [2.05, 4.69) is 15.9 Å². The summed E-state index contributed by atoms with van der Waals surface area (Å²) in [6, 6.07) is 10.9. The van der Waals surface area contributed by atoms with Crippen molar-refractivity contribution in [1.82, 2.24) is 4.90 Å². The fourth-order valence-electron chi connectivity index (χ4n) is 3.11. The van der Waals surface area contributed by atoms with Crippen LogP contribution in [-0.2, 0) is 9.59 Å². The molecule has 2 N–H and O–H groups in total. The predicted molar refractivity (Wildman–Crippen MR) is 103 cm³/mol. The third kappa shape index (κ3) is 3.54. The average Bonchev–Trinajstić information content (AvgIpc) is 2.93. The molecule has 9 heteroatoms. The van der Waals surface area contributed by atoms with Gasteiger partial charge in [-0.2, -0.15) is 0 Å². The summed E-state index contributed by atoms with van der Waals surface area (Å²) in [6.07, 6.45) is 0. The SMILES string of the molecule is O=C1C(=O)N(CCO)[C@@H](c2ccc([N+](=O)[O-])cc2)C1=C(O)c1ccc(Br)cc1. The van der Waals surface area contributed by atoms with E-state index in [1.165, 1.54) is 24.3 Å². The zero-order valence-corrected chi connectivity index (χ0v) is 16.0. The van der Waals surface area contributed by atoms with Crippen LogP contribution in [0.15, 0.2) is 58.6 Å². The molecule has 0 unspecified atom stereocenters. The number of hydrogen-bond acceptors (Lipinski definition) is 6. The Kier molecular flexibility index (Phi) is 5.57. The number of nitrogens with zero attached hydrogens (tertiary/aromatic N) is 2. The molecule has 0 saturated carbocycles. The number of aliphatic hydroxyl groups is 2. The van der Waals surface area contributed by atoms with Crippen molar-refractivity contribution in [3.05, 3.63) is 79.8 Å². The number of β-amino-alcohol motifs (C(OH)–C–C–N with tert-alkyl or cyclic N) is 1. The van der Waals surface area contributed by atoms with Crippen molar-refractivity contribution in [2.24, 2.45) is 0 Å². The van der Waals surface area contributed by atoms with Crippen LogP contribution in [0, 0.1) is 10.1 Å². The lowest BCUT2D eigenvalue weighted by molar-refractivity contribution is -0.384. The Morgan fingerprint density at radius 2 is 1.71 bits per heavy atom. The highest BCUT2D eigenvalue weighted by Gasteiger charge is 2.45. The van der Waals surface area contributed by atoms with Gasteiger partial charge in [-0.05, 0) is 29.8 Å². The van der Waals surface area contributed by atoms with Gasteiger partial charge in [-0.1, -0.05) is 28.1 Å². The molecule has 1 aliphatic heterocycles. The molecule has 1 amide bonds. The van der Waals surface area contributed by atoms with Crippen LogP contribution in [0.4, 0.5) is 5.69 Å². The van der Waals surface area contributed by atoms with Crippen molar-refractivity contribution < 1.29 is 24.7 Å². The molecule has 0 aliphatic carbocycles. The van der Waals surface area contributed by atoms with Crippen LogP contribution < -0.4 is 0 Å². The van der Waals surface area contributed by atoms with E-state index in [0.29, 0.717) is 11.1 Å². The minimum absolute atomic E-state index is 0.122. The first-order valence-corrected chi connectivity index (χ1v) is 9.04. The Morgan fingerprint density at radius 3 is 2.25 bits per heavy atom. The van der Waals surface area contributed by atoms with Gasteiger partial charge in [-0.3, -0.25) is 19.7 Å². The molecule has 28 heavy (non-hydrogen) atoms. The van der Waals surface area contributed by atoms with Gasteiger partial charge in [0.25, 0.3) is 17.4 Å². The van der Waals surface area contributed by atoms with E-state index < -0.39 is 22.7 Å². The fourth-order valence-corrected chi connectivity index (χ4v) is 3.37. The molecule has 144 valence electrons. The number of Topliss-reactive ketones (excluding diaryl/α,β-unsaturated/α-hetero) is 1. The molecule has 0 bridgehead atoms. The Balaban J connectivity index is 2.15. The van der Waals surface area contributed by atoms with Gasteiger partial charge in [0, 0.05) is 28.7 Å². The van der Waals surface area contributed by atoms with Crippen LogP contribution in [0.25, 0.3) is 5.76 Å². The van der Waals surface area contributed by atoms with E-state index in [-0.39, 0.29) is 30.2 Å². The molecular formula is C19H15BrN2O6. The van der Waals surface area contributed by atoms with Crippen molar-refractivity contribution in [3.8, 4) is 0 Å². The molecule has 0 aromatic heterocycles. The largest absolute Gasteiger partial charge is 0.507 e.